The second-order valence-electron chi connectivity index (χ2n) is 5.34. The molecule has 0 saturated carbocycles. The van der Waals surface area contributed by atoms with E-state index >= 15 is 0 Å². The zero-order valence-electron chi connectivity index (χ0n) is 11.5. The largest absolute Gasteiger partial charge is 0.350 e. The number of carbonyl (C=O) groups is 1. The molecule has 1 heterocycles. The predicted octanol–water partition coefficient (Wildman–Crippen LogP) is 0.979. The molecule has 102 valence electrons. The van der Waals surface area contributed by atoms with Crippen LogP contribution in [0.1, 0.15) is 51.7 Å². The van der Waals surface area contributed by atoms with Crippen molar-refractivity contribution in [3.8, 4) is 0 Å². The number of hydrogen-bond acceptors (Lipinski definition) is 5. The van der Waals surface area contributed by atoms with Gasteiger partial charge in [0, 0.05) is 30.8 Å². The van der Waals surface area contributed by atoms with Crippen LogP contribution >= 0.6 is 0 Å². The molecule has 0 saturated heterocycles. The average Bonchev–Trinajstić information content (AvgIpc) is 2.74. The fourth-order valence-corrected chi connectivity index (χ4v) is 1.32. The number of aromatic nitrogens is 2. The van der Waals surface area contributed by atoms with Gasteiger partial charge < -0.3 is 15.6 Å². The normalized spacial score (nSPS) is 11.9. The van der Waals surface area contributed by atoms with Gasteiger partial charge >= 0.3 is 0 Å². The van der Waals surface area contributed by atoms with E-state index in [-0.39, 0.29) is 17.4 Å². The smallest absolute Gasteiger partial charge is 0.227 e. The minimum absolute atomic E-state index is 0.0604. The molecule has 0 bridgehead atoms. The van der Waals surface area contributed by atoms with E-state index in [0.29, 0.717) is 31.1 Å². The number of rotatable bonds is 6. The first-order valence-corrected chi connectivity index (χ1v) is 6.17. The monoisotopic (exact) mass is 254 g/mol. The molecule has 0 unspecified atom stereocenters. The Morgan fingerprint density at radius 2 is 2.17 bits per heavy atom. The maximum atomic E-state index is 11.7. The number of aryl methyl sites for hydroxylation is 1. The number of carbonyl (C=O) groups excluding carboxylic acids is 1. The number of nitrogens with two attached hydrogens (primary N) is 1. The molecular weight excluding hydrogens is 232 g/mol. The van der Waals surface area contributed by atoms with E-state index in [1.807, 2.05) is 27.7 Å². The molecule has 0 aliphatic carbocycles. The Balaban J connectivity index is 2.42. The van der Waals surface area contributed by atoms with E-state index in [0.717, 1.165) is 0 Å². The zero-order valence-corrected chi connectivity index (χ0v) is 11.5. The summed E-state index contributed by atoms with van der Waals surface area (Å²) in [5.41, 5.74) is 5.16. The van der Waals surface area contributed by atoms with Crippen molar-refractivity contribution in [1.82, 2.24) is 15.5 Å². The van der Waals surface area contributed by atoms with Crippen LogP contribution in [-0.2, 0) is 11.2 Å². The first kappa shape index (κ1) is 14.6. The van der Waals surface area contributed by atoms with Gasteiger partial charge in [0.25, 0.3) is 0 Å². The Kier molecular flexibility index (Phi) is 4.84. The van der Waals surface area contributed by atoms with Crippen LogP contribution in [0, 0.1) is 0 Å². The number of nitrogens with zero attached hydrogens (tertiary/aromatic N) is 2. The topological polar surface area (TPSA) is 94.0 Å². The lowest BCUT2D eigenvalue weighted by atomic mass is 10.1. The molecule has 1 amide bonds. The molecule has 0 aromatic carbocycles. The second kappa shape index (κ2) is 5.95. The molecule has 6 nitrogen and oxygen atoms in total. The van der Waals surface area contributed by atoms with Crippen LogP contribution < -0.4 is 11.1 Å². The Morgan fingerprint density at radius 3 is 2.67 bits per heavy atom. The highest BCUT2D eigenvalue weighted by atomic mass is 16.5. The van der Waals surface area contributed by atoms with Crippen LogP contribution in [0.2, 0.25) is 0 Å². The van der Waals surface area contributed by atoms with Gasteiger partial charge in [0.15, 0.2) is 5.82 Å². The van der Waals surface area contributed by atoms with Gasteiger partial charge in [-0.1, -0.05) is 19.0 Å². The lowest BCUT2D eigenvalue weighted by Gasteiger charge is -2.23. The minimum atomic E-state index is -0.380. The summed E-state index contributed by atoms with van der Waals surface area (Å²) in [6, 6.07) is 0. The molecule has 0 atom stereocenters. The maximum absolute atomic E-state index is 11.7. The summed E-state index contributed by atoms with van der Waals surface area (Å²) in [5.74, 6) is 1.34. The Bertz CT molecular complexity index is 399. The van der Waals surface area contributed by atoms with Crippen molar-refractivity contribution in [3.05, 3.63) is 11.7 Å². The summed E-state index contributed by atoms with van der Waals surface area (Å²) in [5, 5.41) is 6.70. The molecular formula is C12H22N4O2. The summed E-state index contributed by atoms with van der Waals surface area (Å²) < 4.78 is 5.07. The fourth-order valence-electron chi connectivity index (χ4n) is 1.32. The van der Waals surface area contributed by atoms with Gasteiger partial charge in [-0.15, -0.1) is 0 Å². The van der Waals surface area contributed by atoms with Gasteiger partial charge in [-0.05, 0) is 13.8 Å². The van der Waals surface area contributed by atoms with Gasteiger partial charge in [-0.25, -0.2) is 0 Å². The third-order valence-corrected chi connectivity index (χ3v) is 2.55. The first-order chi connectivity index (χ1) is 8.34. The van der Waals surface area contributed by atoms with Gasteiger partial charge in [-0.2, -0.15) is 4.98 Å². The fraction of sp³-hybridized carbons (Fsp3) is 0.750. The molecule has 1 rings (SSSR count). The molecule has 1 aromatic rings. The summed E-state index contributed by atoms with van der Waals surface area (Å²) >= 11 is 0. The van der Waals surface area contributed by atoms with Crippen molar-refractivity contribution in [2.24, 2.45) is 5.73 Å². The van der Waals surface area contributed by atoms with Crippen LogP contribution in [0.3, 0.4) is 0 Å². The molecule has 0 aliphatic heterocycles. The van der Waals surface area contributed by atoms with Crippen LogP contribution in [0.5, 0.6) is 0 Å². The highest BCUT2D eigenvalue weighted by Gasteiger charge is 2.18. The standard InChI is InChI=1S/C12H22N4O2/c1-8(2)11-14-10(18-16-11)6-5-9(17)15-12(3,4)7-13/h8H,5-7,13H2,1-4H3,(H,15,17). The number of amides is 1. The van der Waals surface area contributed by atoms with Crippen molar-refractivity contribution in [2.45, 2.75) is 52.0 Å². The molecule has 0 spiro atoms. The van der Waals surface area contributed by atoms with Crippen molar-refractivity contribution in [1.29, 1.82) is 0 Å². The van der Waals surface area contributed by atoms with Crippen LogP contribution in [0.25, 0.3) is 0 Å². The van der Waals surface area contributed by atoms with Crippen molar-refractivity contribution in [2.75, 3.05) is 6.54 Å². The van der Waals surface area contributed by atoms with Crippen LogP contribution in [0.15, 0.2) is 4.52 Å². The van der Waals surface area contributed by atoms with Crippen molar-refractivity contribution in [3.63, 3.8) is 0 Å². The van der Waals surface area contributed by atoms with Gasteiger partial charge in [0.2, 0.25) is 11.8 Å². The minimum Gasteiger partial charge on any atom is -0.350 e. The van der Waals surface area contributed by atoms with Crippen molar-refractivity contribution < 1.29 is 9.32 Å². The van der Waals surface area contributed by atoms with E-state index in [4.69, 9.17) is 10.3 Å². The predicted molar refractivity (Wildman–Crippen MR) is 68.0 cm³/mol. The highest BCUT2D eigenvalue weighted by Crippen LogP contribution is 2.10. The molecule has 0 fully saturated rings. The second-order valence-corrected chi connectivity index (χ2v) is 5.34. The summed E-state index contributed by atoms with van der Waals surface area (Å²) in [7, 11) is 0. The van der Waals surface area contributed by atoms with Gasteiger partial charge in [0.1, 0.15) is 0 Å². The third-order valence-electron chi connectivity index (χ3n) is 2.55. The van der Waals surface area contributed by atoms with Gasteiger partial charge in [0.05, 0.1) is 0 Å². The summed E-state index contributed by atoms with van der Waals surface area (Å²) in [6.07, 6.45) is 0.773. The molecule has 1 aromatic heterocycles. The highest BCUT2D eigenvalue weighted by molar-refractivity contribution is 5.76. The van der Waals surface area contributed by atoms with E-state index < -0.39 is 0 Å². The Labute approximate surface area is 107 Å². The molecule has 18 heavy (non-hydrogen) atoms. The summed E-state index contributed by atoms with van der Waals surface area (Å²) in [4.78, 5) is 15.9. The van der Waals surface area contributed by atoms with Crippen LogP contribution in [0.4, 0.5) is 0 Å². The zero-order chi connectivity index (χ0) is 13.8. The van der Waals surface area contributed by atoms with E-state index in [2.05, 4.69) is 15.5 Å². The van der Waals surface area contributed by atoms with E-state index in [1.165, 1.54) is 0 Å². The SMILES string of the molecule is CC(C)c1noc(CCC(=O)NC(C)(C)CN)n1. The molecule has 0 aliphatic rings. The molecule has 0 radical (unpaired) electrons. The quantitative estimate of drug-likeness (QED) is 0.789. The first-order valence-electron chi connectivity index (χ1n) is 6.17. The Hall–Kier alpha value is -1.43. The summed E-state index contributed by atoms with van der Waals surface area (Å²) in [6.45, 7) is 8.15. The maximum Gasteiger partial charge on any atom is 0.227 e. The average molecular weight is 254 g/mol. The van der Waals surface area contributed by atoms with E-state index in [1.54, 1.807) is 0 Å². The van der Waals surface area contributed by atoms with Crippen molar-refractivity contribution >= 4 is 5.91 Å². The lowest BCUT2D eigenvalue weighted by Crippen LogP contribution is -2.48. The number of hydrogen-bond donors (Lipinski definition) is 2. The van der Waals surface area contributed by atoms with Crippen LogP contribution in [-0.4, -0.2) is 28.1 Å². The molecule has 6 heteroatoms. The van der Waals surface area contributed by atoms with E-state index in [9.17, 15) is 4.79 Å². The van der Waals surface area contributed by atoms with Gasteiger partial charge in [-0.3, -0.25) is 4.79 Å². The molecule has 3 N–H and O–H groups in total. The lowest BCUT2D eigenvalue weighted by molar-refractivity contribution is -0.122. The Morgan fingerprint density at radius 1 is 1.50 bits per heavy atom. The number of nitrogens with one attached hydrogen (secondary N) is 1. The third kappa shape index (κ3) is 4.44.